The molecule has 1 heterocycles. The van der Waals surface area contributed by atoms with Gasteiger partial charge in [0.15, 0.2) is 0 Å². The standard InChI is InChI=1S/C15H24N4/c1-13(11-15(2,12-16)17-3)19(4)10-7-14-5-8-18-9-6-14/h5-6,8-9,13,17H,7,10-11H2,1-4H3. The molecule has 1 aromatic heterocycles. The van der Waals surface area contributed by atoms with Gasteiger partial charge in [-0.1, -0.05) is 0 Å². The van der Waals surface area contributed by atoms with Crippen molar-refractivity contribution in [2.75, 3.05) is 20.6 Å². The fraction of sp³-hybridized carbons (Fsp3) is 0.600. The lowest BCUT2D eigenvalue weighted by atomic mass is 9.95. The van der Waals surface area contributed by atoms with Crippen LogP contribution in [0.15, 0.2) is 24.5 Å². The summed E-state index contributed by atoms with van der Waals surface area (Å²) in [6.45, 7) is 5.09. The van der Waals surface area contributed by atoms with Gasteiger partial charge in [0.1, 0.15) is 5.54 Å². The van der Waals surface area contributed by atoms with Gasteiger partial charge in [0.05, 0.1) is 6.07 Å². The number of aromatic nitrogens is 1. The molecule has 2 unspecified atom stereocenters. The van der Waals surface area contributed by atoms with Gasteiger partial charge in [0, 0.05) is 25.0 Å². The van der Waals surface area contributed by atoms with E-state index >= 15 is 0 Å². The van der Waals surface area contributed by atoms with Crippen molar-refractivity contribution in [2.45, 2.75) is 38.3 Å². The second-order valence-corrected chi connectivity index (χ2v) is 5.33. The van der Waals surface area contributed by atoms with E-state index in [1.54, 1.807) is 0 Å². The van der Waals surface area contributed by atoms with E-state index in [0.29, 0.717) is 6.04 Å². The van der Waals surface area contributed by atoms with Crippen LogP contribution < -0.4 is 5.32 Å². The van der Waals surface area contributed by atoms with Crippen molar-refractivity contribution in [1.82, 2.24) is 15.2 Å². The van der Waals surface area contributed by atoms with Crippen LogP contribution >= 0.6 is 0 Å². The summed E-state index contributed by atoms with van der Waals surface area (Å²) >= 11 is 0. The van der Waals surface area contributed by atoms with E-state index in [2.05, 4.69) is 35.2 Å². The SMILES string of the molecule is CNC(C)(C#N)CC(C)N(C)CCc1ccncc1. The minimum absolute atomic E-state index is 0.360. The van der Waals surface area contributed by atoms with Gasteiger partial charge in [-0.15, -0.1) is 0 Å². The van der Waals surface area contributed by atoms with E-state index in [4.69, 9.17) is 0 Å². The second-order valence-electron chi connectivity index (χ2n) is 5.33. The summed E-state index contributed by atoms with van der Waals surface area (Å²) < 4.78 is 0. The number of rotatable bonds is 7. The zero-order valence-electron chi connectivity index (χ0n) is 12.3. The van der Waals surface area contributed by atoms with Crippen LogP contribution in [-0.4, -0.2) is 42.1 Å². The van der Waals surface area contributed by atoms with Gasteiger partial charge < -0.3 is 10.2 Å². The van der Waals surface area contributed by atoms with E-state index in [9.17, 15) is 5.26 Å². The molecule has 0 aliphatic carbocycles. The summed E-state index contributed by atoms with van der Waals surface area (Å²) in [6.07, 6.45) is 5.47. The van der Waals surface area contributed by atoms with Gasteiger partial charge in [0.25, 0.3) is 0 Å². The van der Waals surface area contributed by atoms with Crippen molar-refractivity contribution in [3.63, 3.8) is 0 Å². The van der Waals surface area contributed by atoms with Crippen LogP contribution in [0.25, 0.3) is 0 Å². The first-order chi connectivity index (χ1) is 9.00. The van der Waals surface area contributed by atoms with Crippen molar-refractivity contribution in [2.24, 2.45) is 0 Å². The Bertz CT molecular complexity index is 412. The molecule has 104 valence electrons. The number of hydrogen-bond acceptors (Lipinski definition) is 4. The van der Waals surface area contributed by atoms with Crippen molar-refractivity contribution < 1.29 is 0 Å². The molecular formula is C15H24N4. The van der Waals surface area contributed by atoms with Crippen LogP contribution in [-0.2, 0) is 6.42 Å². The Hall–Kier alpha value is -1.44. The third kappa shape index (κ3) is 4.98. The lowest BCUT2D eigenvalue weighted by Crippen LogP contribution is -2.45. The zero-order chi connectivity index (χ0) is 14.3. The van der Waals surface area contributed by atoms with Crippen molar-refractivity contribution in [3.05, 3.63) is 30.1 Å². The molecular weight excluding hydrogens is 236 g/mol. The van der Waals surface area contributed by atoms with E-state index in [-0.39, 0.29) is 0 Å². The van der Waals surface area contributed by atoms with Crippen LogP contribution in [0.2, 0.25) is 0 Å². The lowest BCUT2D eigenvalue weighted by Gasteiger charge is -2.31. The summed E-state index contributed by atoms with van der Waals surface area (Å²) in [4.78, 5) is 6.32. The van der Waals surface area contributed by atoms with Gasteiger partial charge in [-0.25, -0.2) is 0 Å². The van der Waals surface area contributed by atoms with E-state index < -0.39 is 5.54 Å². The predicted molar refractivity (Wildman–Crippen MR) is 77.7 cm³/mol. The minimum Gasteiger partial charge on any atom is -0.303 e. The Morgan fingerprint density at radius 1 is 1.47 bits per heavy atom. The highest BCUT2D eigenvalue weighted by Gasteiger charge is 2.25. The molecule has 4 nitrogen and oxygen atoms in total. The van der Waals surface area contributed by atoms with Gasteiger partial charge >= 0.3 is 0 Å². The van der Waals surface area contributed by atoms with Crippen molar-refractivity contribution >= 4 is 0 Å². The Kier molecular flexibility index (Phi) is 5.94. The first-order valence-corrected chi connectivity index (χ1v) is 6.70. The summed E-state index contributed by atoms with van der Waals surface area (Å²) in [5.41, 5.74) is 0.843. The molecule has 1 N–H and O–H groups in total. The summed E-state index contributed by atoms with van der Waals surface area (Å²) in [7, 11) is 3.95. The van der Waals surface area contributed by atoms with Crippen LogP contribution in [0.3, 0.4) is 0 Å². The van der Waals surface area contributed by atoms with Crippen LogP contribution in [0.4, 0.5) is 0 Å². The molecule has 0 amide bonds. The molecule has 0 aliphatic heterocycles. The first-order valence-electron chi connectivity index (χ1n) is 6.70. The number of nitrogens with one attached hydrogen (secondary N) is 1. The molecule has 2 atom stereocenters. The predicted octanol–water partition coefficient (Wildman–Crippen LogP) is 1.84. The maximum atomic E-state index is 9.19. The van der Waals surface area contributed by atoms with Crippen LogP contribution in [0, 0.1) is 11.3 Å². The number of hydrogen-bond donors (Lipinski definition) is 1. The van der Waals surface area contributed by atoms with E-state index in [1.165, 1.54) is 5.56 Å². The van der Waals surface area contributed by atoms with Crippen molar-refractivity contribution in [3.8, 4) is 6.07 Å². The average molecular weight is 260 g/mol. The molecule has 0 saturated heterocycles. The summed E-state index contributed by atoms with van der Waals surface area (Å²) in [5, 5.41) is 12.3. The number of nitriles is 1. The van der Waals surface area contributed by atoms with Gasteiger partial charge in [-0.05, 0) is 58.5 Å². The van der Waals surface area contributed by atoms with Crippen LogP contribution in [0.1, 0.15) is 25.8 Å². The molecule has 0 bridgehead atoms. The monoisotopic (exact) mass is 260 g/mol. The fourth-order valence-electron chi connectivity index (χ4n) is 2.03. The highest BCUT2D eigenvalue weighted by molar-refractivity contribution is 5.10. The zero-order valence-corrected chi connectivity index (χ0v) is 12.3. The third-order valence-electron chi connectivity index (χ3n) is 3.76. The van der Waals surface area contributed by atoms with Crippen LogP contribution in [0.5, 0.6) is 0 Å². The largest absolute Gasteiger partial charge is 0.303 e. The first kappa shape index (κ1) is 15.6. The maximum absolute atomic E-state index is 9.19. The third-order valence-corrected chi connectivity index (χ3v) is 3.76. The lowest BCUT2D eigenvalue weighted by molar-refractivity contribution is 0.219. The van der Waals surface area contributed by atoms with E-state index in [1.807, 2.05) is 38.5 Å². The second kappa shape index (κ2) is 7.22. The smallest absolute Gasteiger partial charge is 0.105 e. The van der Waals surface area contributed by atoms with Gasteiger partial charge in [-0.2, -0.15) is 5.26 Å². The fourth-order valence-corrected chi connectivity index (χ4v) is 2.03. The Morgan fingerprint density at radius 2 is 2.11 bits per heavy atom. The molecule has 0 fully saturated rings. The van der Waals surface area contributed by atoms with E-state index in [0.717, 1.165) is 19.4 Å². The minimum atomic E-state index is -0.454. The molecule has 1 aromatic rings. The topological polar surface area (TPSA) is 52.0 Å². The summed E-state index contributed by atoms with van der Waals surface area (Å²) in [6, 6.07) is 6.80. The molecule has 0 saturated carbocycles. The molecule has 0 aromatic carbocycles. The number of nitrogens with zero attached hydrogens (tertiary/aromatic N) is 3. The quantitative estimate of drug-likeness (QED) is 0.812. The molecule has 19 heavy (non-hydrogen) atoms. The Labute approximate surface area is 116 Å². The summed E-state index contributed by atoms with van der Waals surface area (Å²) in [5.74, 6) is 0. The Morgan fingerprint density at radius 3 is 2.63 bits per heavy atom. The Balaban J connectivity index is 2.45. The molecule has 1 rings (SSSR count). The van der Waals surface area contributed by atoms with Gasteiger partial charge in [0.2, 0.25) is 0 Å². The highest BCUT2D eigenvalue weighted by atomic mass is 15.1. The van der Waals surface area contributed by atoms with Gasteiger partial charge in [-0.3, -0.25) is 4.98 Å². The maximum Gasteiger partial charge on any atom is 0.105 e. The number of pyridine rings is 1. The molecule has 0 spiro atoms. The molecule has 0 aliphatic rings. The van der Waals surface area contributed by atoms with Crippen molar-refractivity contribution in [1.29, 1.82) is 5.26 Å². The average Bonchev–Trinajstić information content (AvgIpc) is 2.45. The normalized spacial score (nSPS) is 15.8. The molecule has 4 heteroatoms. The molecule has 0 radical (unpaired) electrons. The highest BCUT2D eigenvalue weighted by Crippen LogP contribution is 2.14. The number of likely N-dealkylation sites (N-methyl/N-ethyl adjacent to an activating group) is 1.